The minimum absolute atomic E-state index is 0.0405. The third-order valence-corrected chi connectivity index (χ3v) is 4.64. The van der Waals surface area contributed by atoms with Crippen molar-refractivity contribution in [2.24, 2.45) is 0 Å². The van der Waals surface area contributed by atoms with Crippen LogP contribution in [0.2, 0.25) is 0 Å². The van der Waals surface area contributed by atoms with Crippen LogP contribution in [-0.4, -0.2) is 55.4 Å². The molecule has 0 aliphatic rings. The van der Waals surface area contributed by atoms with E-state index >= 15 is 0 Å². The summed E-state index contributed by atoms with van der Waals surface area (Å²) in [6.45, 7) is 7.33. The Kier molecular flexibility index (Phi) is 8.21. The van der Waals surface area contributed by atoms with E-state index in [4.69, 9.17) is 4.74 Å². The standard InChI is InChI=1S/C23H31N3O3/c1-6-29-20-12-10-19(11-13-20)14-26(5)22(28)16-25(4)15-21(27)24-23-17(2)8-7-9-18(23)3/h7-13H,6,14-16H2,1-5H3,(H,24,27). The summed E-state index contributed by atoms with van der Waals surface area (Å²) in [4.78, 5) is 28.3. The van der Waals surface area contributed by atoms with Gasteiger partial charge in [-0.2, -0.15) is 0 Å². The highest BCUT2D eigenvalue weighted by molar-refractivity contribution is 5.94. The molecule has 6 nitrogen and oxygen atoms in total. The Morgan fingerprint density at radius 1 is 0.966 bits per heavy atom. The van der Waals surface area contributed by atoms with Crippen LogP contribution in [0.25, 0.3) is 0 Å². The Balaban J connectivity index is 1.83. The molecule has 0 aromatic heterocycles. The number of amides is 2. The highest BCUT2D eigenvalue weighted by Crippen LogP contribution is 2.19. The normalized spacial score (nSPS) is 10.7. The molecule has 2 rings (SSSR count). The van der Waals surface area contributed by atoms with Crippen LogP contribution in [0.4, 0.5) is 5.69 Å². The fraction of sp³-hybridized carbons (Fsp3) is 0.391. The molecule has 1 N–H and O–H groups in total. The first kappa shape index (κ1) is 22.4. The van der Waals surface area contributed by atoms with Crippen molar-refractivity contribution in [1.82, 2.24) is 9.80 Å². The van der Waals surface area contributed by atoms with Crippen molar-refractivity contribution in [3.63, 3.8) is 0 Å². The highest BCUT2D eigenvalue weighted by Gasteiger charge is 2.15. The van der Waals surface area contributed by atoms with Gasteiger partial charge in [0.15, 0.2) is 0 Å². The smallest absolute Gasteiger partial charge is 0.238 e. The molecule has 0 saturated carbocycles. The van der Waals surface area contributed by atoms with E-state index in [1.165, 1.54) is 0 Å². The number of likely N-dealkylation sites (N-methyl/N-ethyl adjacent to an activating group) is 2. The second-order valence-electron chi connectivity index (χ2n) is 7.31. The first-order chi connectivity index (χ1) is 13.8. The van der Waals surface area contributed by atoms with Crippen molar-refractivity contribution in [3.05, 3.63) is 59.2 Å². The maximum atomic E-state index is 12.5. The number of aryl methyl sites for hydroxylation is 2. The molecule has 156 valence electrons. The van der Waals surface area contributed by atoms with Gasteiger partial charge in [0.25, 0.3) is 0 Å². The van der Waals surface area contributed by atoms with Crippen molar-refractivity contribution in [3.8, 4) is 5.75 Å². The number of para-hydroxylation sites is 1. The number of hydrogen-bond acceptors (Lipinski definition) is 4. The second-order valence-corrected chi connectivity index (χ2v) is 7.31. The lowest BCUT2D eigenvalue weighted by atomic mass is 10.1. The largest absolute Gasteiger partial charge is 0.494 e. The molecule has 0 bridgehead atoms. The third-order valence-electron chi connectivity index (χ3n) is 4.64. The first-order valence-corrected chi connectivity index (χ1v) is 9.80. The van der Waals surface area contributed by atoms with E-state index in [9.17, 15) is 9.59 Å². The van der Waals surface area contributed by atoms with E-state index in [1.807, 2.05) is 63.2 Å². The van der Waals surface area contributed by atoms with Gasteiger partial charge in [-0.3, -0.25) is 14.5 Å². The highest BCUT2D eigenvalue weighted by atomic mass is 16.5. The zero-order valence-electron chi connectivity index (χ0n) is 18.0. The van der Waals surface area contributed by atoms with Gasteiger partial charge in [0.2, 0.25) is 11.8 Å². The molecule has 0 radical (unpaired) electrons. The zero-order chi connectivity index (χ0) is 21.4. The fourth-order valence-electron chi connectivity index (χ4n) is 3.06. The molecule has 2 amide bonds. The van der Waals surface area contributed by atoms with Crippen LogP contribution in [0.5, 0.6) is 5.75 Å². The van der Waals surface area contributed by atoms with Crippen molar-refractivity contribution < 1.29 is 14.3 Å². The van der Waals surface area contributed by atoms with Crippen LogP contribution < -0.4 is 10.1 Å². The lowest BCUT2D eigenvalue weighted by molar-refractivity contribution is -0.131. The maximum absolute atomic E-state index is 12.5. The molecule has 0 heterocycles. The number of hydrogen-bond donors (Lipinski definition) is 1. The Morgan fingerprint density at radius 3 is 2.17 bits per heavy atom. The summed E-state index contributed by atoms with van der Waals surface area (Å²) < 4.78 is 5.44. The van der Waals surface area contributed by atoms with Crippen molar-refractivity contribution in [2.75, 3.05) is 39.1 Å². The average molecular weight is 398 g/mol. The van der Waals surface area contributed by atoms with Gasteiger partial charge in [-0.25, -0.2) is 0 Å². The summed E-state index contributed by atoms with van der Waals surface area (Å²) in [5.74, 6) is 0.646. The summed E-state index contributed by atoms with van der Waals surface area (Å²) in [5, 5.41) is 2.95. The molecular formula is C23H31N3O3. The van der Waals surface area contributed by atoms with Gasteiger partial charge in [-0.15, -0.1) is 0 Å². The summed E-state index contributed by atoms with van der Waals surface area (Å²) in [5.41, 5.74) is 3.91. The quantitative estimate of drug-likeness (QED) is 0.706. The Labute approximate surface area is 173 Å². The zero-order valence-corrected chi connectivity index (χ0v) is 18.0. The van der Waals surface area contributed by atoms with Crippen LogP contribution in [0.3, 0.4) is 0 Å². The average Bonchev–Trinajstić information content (AvgIpc) is 2.66. The summed E-state index contributed by atoms with van der Waals surface area (Å²) in [6, 6.07) is 13.6. The van der Waals surface area contributed by atoms with Gasteiger partial charge in [0.05, 0.1) is 19.7 Å². The molecular weight excluding hydrogens is 366 g/mol. The fourth-order valence-corrected chi connectivity index (χ4v) is 3.06. The number of ether oxygens (including phenoxy) is 1. The predicted octanol–water partition coefficient (Wildman–Crippen LogP) is 3.23. The van der Waals surface area contributed by atoms with Crippen LogP contribution in [0.1, 0.15) is 23.6 Å². The van der Waals surface area contributed by atoms with Gasteiger partial charge in [0, 0.05) is 19.3 Å². The minimum atomic E-state index is -0.133. The molecule has 2 aromatic carbocycles. The Hall–Kier alpha value is -2.86. The Bertz CT molecular complexity index is 814. The second kappa shape index (κ2) is 10.6. The number of benzene rings is 2. The van der Waals surface area contributed by atoms with Crippen molar-refractivity contribution >= 4 is 17.5 Å². The van der Waals surface area contributed by atoms with Crippen LogP contribution in [0, 0.1) is 13.8 Å². The lowest BCUT2D eigenvalue weighted by Crippen LogP contribution is -2.39. The maximum Gasteiger partial charge on any atom is 0.238 e. The number of nitrogens with zero attached hydrogens (tertiary/aromatic N) is 2. The molecule has 2 aromatic rings. The van der Waals surface area contributed by atoms with Gasteiger partial charge >= 0.3 is 0 Å². The number of anilines is 1. The van der Waals surface area contributed by atoms with Crippen LogP contribution >= 0.6 is 0 Å². The van der Waals surface area contributed by atoms with Gasteiger partial charge in [-0.1, -0.05) is 30.3 Å². The third kappa shape index (κ3) is 6.91. The number of carbonyl (C=O) groups excluding carboxylic acids is 2. The van der Waals surface area contributed by atoms with Gasteiger partial charge in [-0.05, 0) is 56.6 Å². The molecule has 0 unspecified atom stereocenters. The minimum Gasteiger partial charge on any atom is -0.494 e. The van der Waals surface area contributed by atoms with E-state index in [0.717, 1.165) is 28.1 Å². The molecule has 6 heteroatoms. The van der Waals surface area contributed by atoms with Gasteiger partial charge in [0.1, 0.15) is 5.75 Å². The van der Waals surface area contributed by atoms with Crippen LogP contribution in [0.15, 0.2) is 42.5 Å². The molecule has 0 saturated heterocycles. The number of nitrogens with one attached hydrogen (secondary N) is 1. The molecule has 29 heavy (non-hydrogen) atoms. The lowest BCUT2D eigenvalue weighted by Gasteiger charge is -2.22. The first-order valence-electron chi connectivity index (χ1n) is 9.80. The van der Waals surface area contributed by atoms with Crippen molar-refractivity contribution in [1.29, 1.82) is 0 Å². The molecule has 0 aliphatic heterocycles. The summed E-state index contributed by atoms with van der Waals surface area (Å²) in [6.07, 6.45) is 0. The summed E-state index contributed by atoms with van der Waals surface area (Å²) in [7, 11) is 3.54. The molecule has 0 fully saturated rings. The van der Waals surface area contributed by atoms with E-state index in [0.29, 0.717) is 13.2 Å². The SMILES string of the molecule is CCOc1ccc(CN(C)C(=O)CN(C)CC(=O)Nc2c(C)cccc2C)cc1. The molecule has 0 atom stereocenters. The molecule has 0 aliphatic carbocycles. The predicted molar refractivity (Wildman–Crippen MR) is 116 cm³/mol. The Morgan fingerprint density at radius 2 is 1.59 bits per heavy atom. The number of rotatable bonds is 9. The van der Waals surface area contributed by atoms with Crippen LogP contribution in [-0.2, 0) is 16.1 Å². The van der Waals surface area contributed by atoms with E-state index in [1.54, 1.807) is 23.9 Å². The van der Waals surface area contributed by atoms with E-state index in [-0.39, 0.29) is 24.9 Å². The van der Waals surface area contributed by atoms with Gasteiger partial charge < -0.3 is 15.0 Å². The number of carbonyl (C=O) groups is 2. The topological polar surface area (TPSA) is 61.9 Å². The summed E-state index contributed by atoms with van der Waals surface area (Å²) >= 11 is 0. The molecule has 0 spiro atoms. The monoisotopic (exact) mass is 397 g/mol. The van der Waals surface area contributed by atoms with E-state index < -0.39 is 0 Å². The van der Waals surface area contributed by atoms with E-state index in [2.05, 4.69) is 5.32 Å². The van der Waals surface area contributed by atoms with Crippen molar-refractivity contribution in [2.45, 2.75) is 27.3 Å².